The summed E-state index contributed by atoms with van der Waals surface area (Å²) < 4.78 is 25.9. The third kappa shape index (κ3) is 3.11. The van der Waals surface area contributed by atoms with E-state index < -0.39 is 16.1 Å². The standard InChI is InChI=1S/C9H14N6O4S2/c1-5(16)11-8-12-13-9(20-8)21(18,19)15-4-2-3-6(15)7(10)14-17/h6,17H,2-4H2,1H3,(H2,10,14)(H,11,12,16). The van der Waals surface area contributed by atoms with Crippen LogP contribution in [-0.4, -0.2) is 52.5 Å². The third-order valence-corrected chi connectivity index (χ3v) is 5.97. The van der Waals surface area contributed by atoms with Gasteiger partial charge in [-0.3, -0.25) is 4.79 Å². The summed E-state index contributed by atoms with van der Waals surface area (Å²) in [6, 6.07) is -0.701. The fourth-order valence-corrected chi connectivity index (χ4v) is 4.74. The monoisotopic (exact) mass is 334 g/mol. The van der Waals surface area contributed by atoms with Crippen LogP contribution in [0.15, 0.2) is 9.50 Å². The van der Waals surface area contributed by atoms with Gasteiger partial charge in [-0.1, -0.05) is 16.5 Å². The maximum Gasteiger partial charge on any atom is 0.273 e. The molecule has 12 heteroatoms. The van der Waals surface area contributed by atoms with Crippen molar-refractivity contribution in [1.82, 2.24) is 14.5 Å². The minimum atomic E-state index is -3.90. The van der Waals surface area contributed by atoms with Crippen LogP contribution in [0.2, 0.25) is 0 Å². The molecule has 0 spiro atoms. The number of carbonyl (C=O) groups is 1. The Morgan fingerprint density at radius 2 is 2.29 bits per heavy atom. The van der Waals surface area contributed by atoms with E-state index in [9.17, 15) is 13.2 Å². The summed E-state index contributed by atoms with van der Waals surface area (Å²) in [6.45, 7) is 1.53. The summed E-state index contributed by atoms with van der Waals surface area (Å²) in [5.74, 6) is -0.534. The van der Waals surface area contributed by atoms with Gasteiger partial charge in [0, 0.05) is 13.5 Å². The summed E-state index contributed by atoms with van der Waals surface area (Å²) in [5.41, 5.74) is 5.52. The third-order valence-electron chi connectivity index (χ3n) is 2.88. The van der Waals surface area contributed by atoms with Crippen molar-refractivity contribution < 1.29 is 18.4 Å². The Bertz CT molecular complexity index is 670. The number of sulfonamides is 1. The minimum absolute atomic E-state index is 0.0978. The highest BCUT2D eigenvalue weighted by Crippen LogP contribution is 2.29. The molecule has 1 fully saturated rings. The number of rotatable bonds is 4. The number of carbonyl (C=O) groups excluding carboxylic acids is 1. The molecular formula is C9H14N6O4S2. The van der Waals surface area contributed by atoms with Crippen LogP contribution in [0.5, 0.6) is 0 Å². The summed E-state index contributed by atoms with van der Waals surface area (Å²) >= 11 is 0.749. The van der Waals surface area contributed by atoms with Gasteiger partial charge in [0.1, 0.15) is 0 Å². The van der Waals surface area contributed by atoms with E-state index in [0.717, 1.165) is 15.6 Å². The number of oxime groups is 1. The van der Waals surface area contributed by atoms with E-state index >= 15 is 0 Å². The van der Waals surface area contributed by atoms with E-state index in [4.69, 9.17) is 10.9 Å². The van der Waals surface area contributed by atoms with Crippen LogP contribution in [0.1, 0.15) is 19.8 Å². The number of anilines is 1. The Kier molecular flexibility index (Phi) is 4.39. The lowest BCUT2D eigenvalue weighted by atomic mass is 10.2. The van der Waals surface area contributed by atoms with Gasteiger partial charge in [0.2, 0.25) is 15.4 Å². The lowest BCUT2D eigenvalue weighted by Gasteiger charge is -2.21. The molecule has 0 bridgehead atoms. The Hall–Kier alpha value is -1.79. The largest absolute Gasteiger partial charge is 0.409 e. The van der Waals surface area contributed by atoms with Crippen molar-refractivity contribution in [3.63, 3.8) is 0 Å². The maximum atomic E-state index is 12.5. The van der Waals surface area contributed by atoms with Gasteiger partial charge in [-0.2, -0.15) is 4.31 Å². The molecule has 0 saturated carbocycles. The second-order valence-corrected chi connectivity index (χ2v) is 7.39. The van der Waals surface area contributed by atoms with Crippen LogP contribution >= 0.6 is 11.3 Å². The molecule has 116 valence electrons. The van der Waals surface area contributed by atoms with E-state index in [2.05, 4.69) is 20.7 Å². The fraction of sp³-hybridized carbons (Fsp3) is 0.556. The van der Waals surface area contributed by atoms with E-state index in [0.29, 0.717) is 12.8 Å². The summed E-state index contributed by atoms with van der Waals surface area (Å²) in [5, 5.41) is 21.2. The van der Waals surface area contributed by atoms with Crippen LogP contribution in [-0.2, 0) is 14.8 Å². The summed E-state index contributed by atoms with van der Waals surface area (Å²) in [7, 11) is -3.90. The van der Waals surface area contributed by atoms with Crippen molar-refractivity contribution in [3.05, 3.63) is 0 Å². The number of hydrogen-bond acceptors (Lipinski definition) is 8. The number of aromatic nitrogens is 2. The lowest BCUT2D eigenvalue weighted by Crippen LogP contribution is -2.43. The Morgan fingerprint density at radius 1 is 1.57 bits per heavy atom. The van der Waals surface area contributed by atoms with Crippen molar-refractivity contribution >= 4 is 38.2 Å². The molecule has 4 N–H and O–H groups in total. The van der Waals surface area contributed by atoms with Crippen molar-refractivity contribution in [1.29, 1.82) is 0 Å². The number of nitrogens with zero attached hydrogens (tertiary/aromatic N) is 4. The molecular weight excluding hydrogens is 320 g/mol. The first kappa shape index (κ1) is 15.6. The maximum absolute atomic E-state index is 12.5. The number of amidine groups is 1. The highest BCUT2D eigenvalue weighted by Gasteiger charge is 2.39. The predicted molar refractivity (Wildman–Crippen MR) is 74.5 cm³/mol. The first-order chi connectivity index (χ1) is 9.86. The zero-order chi connectivity index (χ0) is 15.6. The average molecular weight is 334 g/mol. The molecule has 1 aliphatic rings. The molecule has 0 aromatic carbocycles. The molecule has 0 radical (unpaired) electrons. The van der Waals surface area contributed by atoms with Gasteiger partial charge >= 0.3 is 0 Å². The van der Waals surface area contributed by atoms with Crippen LogP contribution in [0.3, 0.4) is 0 Å². The zero-order valence-corrected chi connectivity index (χ0v) is 12.7. The molecule has 1 aromatic rings. The molecule has 1 saturated heterocycles. The molecule has 0 aliphatic carbocycles. The van der Waals surface area contributed by atoms with E-state index in [-0.39, 0.29) is 27.8 Å². The molecule has 1 unspecified atom stereocenters. The molecule has 10 nitrogen and oxygen atoms in total. The van der Waals surface area contributed by atoms with Gasteiger partial charge in [0.05, 0.1) is 6.04 Å². The lowest BCUT2D eigenvalue weighted by molar-refractivity contribution is -0.114. The second-order valence-electron chi connectivity index (χ2n) is 4.35. The Morgan fingerprint density at radius 3 is 2.90 bits per heavy atom. The van der Waals surface area contributed by atoms with Crippen LogP contribution in [0.4, 0.5) is 5.13 Å². The van der Waals surface area contributed by atoms with E-state index in [1.165, 1.54) is 6.92 Å². The number of hydrogen-bond donors (Lipinski definition) is 3. The van der Waals surface area contributed by atoms with E-state index in [1.807, 2.05) is 0 Å². The molecule has 2 heterocycles. The van der Waals surface area contributed by atoms with Crippen molar-refractivity contribution in [2.45, 2.75) is 30.1 Å². The highest BCUT2D eigenvalue weighted by molar-refractivity contribution is 7.91. The smallest absolute Gasteiger partial charge is 0.273 e. The van der Waals surface area contributed by atoms with Crippen LogP contribution in [0.25, 0.3) is 0 Å². The fourth-order valence-electron chi connectivity index (χ4n) is 2.01. The normalized spacial score (nSPS) is 20.6. The van der Waals surface area contributed by atoms with Crippen LogP contribution < -0.4 is 11.1 Å². The average Bonchev–Trinajstić information content (AvgIpc) is 3.05. The van der Waals surface area contributed by atoms with Crippen LogP contribution in [0, 0.1) is 0 Å². The Labute approximate surface area is 124 Å². The quantitative estimate of drug-likeness (QED) is 0.218. The van der Waals surface area contributed by atoms with Crippen molar-refractivity contribution in [3.8, 4) is 0 Å². The molecule has 1 amide bonds. The summed E-state index contributed by atoms with van der Waals surface area (Å²) in [6.07, 6.45) is 1.06. The number of nitrogens with one attached hydrogen (secondary N) is 1. The molecule has 1 aromatic heterocycles. The molecule has 2 rings (SSSR count). The SMILES string of the molecule is CC(=O)Nc1nnc(S(=O)(=O)N2CCCC2C(N)=NO)s1. The topological polar surface area (TPSA) is 151 Å². The second kappa shape index (κ2) is 5.91. The Balaban J connectivity index is 2.29. The minimum Gasteiger partial charge on any atom is -0.409 e. The molecule has 1 aliphatic heterocycles. The first-order valence-corrected chi connectivity index (χ1v) is 8.22. The van der Waals surface area contributed by atoms with Gasteiger partial charge in [-0.15, -0.1) is 10.2 Å². The van der Waals surface area contributed by atoms with Gasteiger partial charge < -0.3 is 16.3 Å². The van der Waals surface area contributed by atoms with Gasteiger partial charge in [-0.25, -0.2) is 8.42 Å². The van der Waals surface area contributed by atoms with Gasteiger partial charge in [0.15, 0.2) is 5.84 Å². The van der Waals surface area contributed by atoms with Gasteiger partial charge in [0.25, 0.3) is 10.0 Å². The van der Waals surface area contributed by atoms with E-state index in [1.54, 1.807) is 0 Å². The number of amides is 1. The molecule has 1 atom stereocenters. The predicted octanol–water partition coefficient (Wildman–Crippen LogP) is -0.604. The van der Waals surface area contributed by atoms with Gasteiger partial charge in [-0.05, 0) is 12.8 Å². The molecule has 21 heavy (non-hydrogen) atoms. The van der Waals surface area contributed by atoms with Crippen molar-refractivity contribution in [2.75, 3.05) is 11.9 Å². The zero-order valence-electron chi connectivity index (χ0n) is 11.1. The van der Waals surface area contributed by atoms with Crippen molar-refractivity contribution in [2.24, 2.45) is 10.9 Å². The summed E-state index contributed by atoms with van der Waals surface area (Å²) in [4.78, 5) is 10.9. The number of nitrogens with two attached hydrogens (primary N) is 1. The highest BCUT2D eigenvalue weighted by atomic mass is 32.2. The first-order valence-electron chi connectivity index (χ1n) is 5.96.